The van der Waals surface area contributed by atoms with Gasteiger partial charge in [0.15, 0.2) is 0 Å². The fraction of sp³-hybridized carbons (Fsp3) is 0.200. The number of carbonyl (C=O) groups is 2. The minimum Gasteiger partial charge on any atom is -0.426 e. The van der Waals surface area contributed by atoms with Gasteiger partial charge in [-0.25, -0.2) is 0 Å². The summed E-state index contributed by atoms with van der Waals surface area (Å²) in [5, 5.41) is 0. The predicted octanol–water partition coefficient (Wildman–Crippen LogP) is 8.19. The van der Waals surface area contributed by atoms with Gasteiger partial charge in [0, 0.05) is 16.8 Å². The van der Waals surface area contributed by atoms with Gasteiger partial charge in [0.25, 0.3) is 0 Å². The van der Waals surface area contributed by atoms with Crippen molar-refractivity contribution in [3.63, 3.8) is 0 Å². The molecule has 6 heteroatoms. The Hall–Kier alpha value is -4.84. The van der Waals surface area contributed by atoms with Crippen LogP contribution in [0.5, 0.6) is 11.5 Å². The number of rotatable bonds is 10. The van der Waals surface area contributed by atoms with E-state index in [1.54, 1.807) is 24.3 Å². The number of ether oxygens (including phenoxy) is 2. The molecule has 0 radical (unpaired) electrons. The van der Waals surface area contributed by atoms with Crippen LogP contribution in [0.3, 0.4) is 0 Å². The maximum absolute atomic E-state index is 12.4. The molecule has 4 aromatic rings. The van der Waals surface area contributed by atoms with Crippen LogP contribution in [0.1, 0.15) is 51.7 Å². The first kappa shape index (κ1) is 29.2. The lowest BCUT2D eigenvalue weighted by molar-refractivity contribution is -0.134. The smallest absolute Gasteiger partial charge is 0.316 e. The summed E-state index contributed by atoms with van der Waals surface area (Å²) in [6.07, 6.45) is 0.219. The Bertz CT molecular complexity index is 1410. The molecule has 0 saturated heterocycles. The van der Waals surface area contributed by atoms with Crippen molar-refractivity contribution in [3.05, 3.63) is 120 Å². The Balaban J connectivity index is 1.33. The average Bonchev–Trinajstić information content (AvgIpc) is 2.94. The molecule has 0 atom stereocenters. The SMILES string of the molecule is CC(CC(=O)Oc1ccc(C(C)(C)c2ccc(OC(=O)CC(C)=Nc3ccccc3)cc2)cc1)=Nc1ccccc1. The summed E-state index contributed by atoms with van der Waals surface area (Å²) >= 11 is 0. The van der Waals surface area contributed by atoms with Crippen LogP contribution in [0.25, 0.3) is 0 Å². The van der Waals surface area contributed by atoms with Crippen molar-refractivity contribution in [2.75, 3.05) is 0 Å². The molecular formula is C35H34N2O4. The topological polar surface area (TPSA) is 77.3 Å². The fourth-order valence-electron chi connectivity index (χ4n) is 4.32. The largest absolute Gasteiger partial charge is 0.426 e. The van der Waals surface area contributed by atoms with Gasteiger partial charge in [-0.05, 0) is 73.5 Å². The predicted molar refractivity (Wildman–Crippen MR) is 164 cm³/mol. The summed E-state index contributed by atoms with van der Waals surface area (Å²) in [5.41, 5.74) is 4.75. The van der Waals surface area contributed by atoms with E-state index >= 15 is 0 Å². The van der Waals surface area contributed by atoms with Gasteiger partial charge < -0.3 is 9.47 Å². The van der Waals surface area contributed by atoms with E-state index < -0.39 is 0 Å². The Kier molecular flexibility index (Phi) is 9.59. The number of esters is 2. The molecule has 4 aromatic carbocycles. The van der Waals surface area contributed by atoms with Crippen molar-refractivity contribution in [2.45, 2.75) is 46.0 Å². The van der Waals surface area contributed by atoms with Gasteiger partial charge in [-0.3, -0.25) is 19.6 Å². The van der Waals surface area contributed by atoms with Crippen molar-refractivity contribution >= 4 is 34.7 Å². The van der Waals surface area contributed by atoms with Crippen LogP contribution < -0.4 is 9.47 Å². The lowest BCUT2D eigenvalue weighted by Crippen LogP contribution is -2.19. The second kappa shape index (κ2) is 13.5. The van der Waals surface area contributed by atoms with Crippen LogP contribution in [0, 0.1) is 0 Å². The second-order valence-corrected chi connectivity index (χ2v) is 10.3. The number of hydrogen-bond donors (Lipinski definition) is 0. The second-order valence-electron chi connectivity index (χ2n) is 10.3. The maximum Gasteiger partial charge on any atom is 0.316 e. The molecule has 0 N–H and O–H groups in total. The molecule has 0 bridgehead atoms. The highest BCUT2D eigenvalue weighted by Gasteiger charge is 2.23. The first-order valence-corrected chi connectivity index (χ1v) is 13.5. The molecular weight excluding hydrogens is 512 g/mol. The zero-order valence-corrected chi connectivity index (χ0v) is 23.8. The van der Waals surface area contributed by atoms with Crippen molar-refractivity contribution in [1.29, 1.82) is 0 Å². The molecule has 4 rings (SSSR count). The van der Waals surface area contributed by atoms with Crippen LogP contribution in [0.2, 0.25) is 0 Å². The Morgan fingerprint density at radius 2 is 0.902 bits per heavy atom. The van der Waals surface area contributed by atoms with Crippen LogP contribution in [0.15, 0.2) is 119 Å². The molecule has 6 nitrogen and oxygen atoms in total. The van der Waals surface area contributed by atoms with Gasteiger partial charge in [-0.2, -0.15) is 0 Å². The first-order chi connectivity index (χ1) is 19.7. The molecule has 0 heterocycles. The average molecular weight is 547 g/mol. The Morgan fingerprint density at radius 1 is 0.561 bits per heavy atom. The molecule has 0 spiro atoms. The lowest BCUT2D eigenvalue weighted by Gasteiger charge is -2.26. The van der Waals surface area contributed by atoms with E-state index in [1.807, 2.05) is 98.8 Å². The number of carbonyl (C=O) groups excluding carboxylic acids is 2. The summed E-state index contributed by atoms with van der Waals surface area (Å²) in [4.78, 5) is 33.7. The molecule has 0 amide bonds. The highest BCUT2D eigenvalue weighted by Crippen LogP contribution is 2.33. The fourth-order valence-corrected chi connectivity index (χ4v) is 4.32. The molecule has 0 unspecified atom stereocenters. The Labute approximate surface area is 241 Å². The van der Waals surface area contributed by atoms with Gasteiger partial charge in [-0.15, -0.1) is 0 Å². The molecule has 0 aliphatic carbocycles. The number of benzene rings is 4. The van der Waals surface area contributed by atoms with Crippen LogP contribution in [0.4, 0.5) is 11.4 Å². The number of para-hydroxylation sites is 2. The normalized spacial score (nSPS) is 12.1. The number of nitrogens with zero attached hydrogens (tertiary/aromatic N) is 2. The number of hydrogen-bond acceptors (Lipinski definition) is 6. The highest BCUT2D eigenvalue weighted by molar-refractivity contribution is 6.00. The van der Waals surface area contributed by atoms with E-state index in [-0.39, 0.29) is 30.2 Å². The summed E-state index contributed by atoms with van der Waals surface area (Å²) < 4.78 is 11.1. The summed E-state index contributed by atoms with van der Waals surface area (Å²) in [5.74, 6) is 0.243. The highest BCUT2D eigenvalue weighted by atomic mass is 16.5. The third-order valence-corrected chi connectivity index (χ3v) is 6.57. The van der Waals surface area contributed by atoms with E-state index in [1.165, 1.54) is 0 Å². The van der Waals surface area contributed by atoms with Crippen molar-refractivity contribution in [3.8, 4) is 11.5 Å². The lowest BCUT2D eigenvalue weighted by atomic mass is 9.78. The van der Waals surface area contributed by atoms with Crippen molar-refractivity contribution in [1.82, 2.24) is 0 Å². The first-order valence-electron chi connectivity index (χ1n) is 13.5. The van der Waals surface area contributed by atoms with Gasteiger partial charge in [0.1, 0.15) is 11.5 Å². The maximum atomic E-state index is 12.4. The molecule has 0 saturated carbocycles. The third kappa shape index (κ3) is 8.57. The molecule has 0 aromatic heterocycles. The van der Waals surface area contributed by atoms with Gasteiger partial charge in [0.2, 0.25) is 0 Å². The molecule has 208 valence electrons. The van der Waals surface area contributed by atoms with E-state index in [9.17, 15) is 9.59 Å². The van der Waals surface area contributed by atoms with Gasteiger partial charge >= 0.3 is 11.9 Å². The van der Waals surface area contributed by atoms with Gasteiger partial charge in [0.05, 0.1) is 24.2 Å². The standard InChI is InChI=1S/C35H34N2O4/c1-25(36-29-11-7-5-8-12-29)23-33(38)40-31-19-15-27(16-20-31)35(3,4)28-17-21-32(22-18-28)41-34(39)24-26(2)37-30-13-9-6-10-14-30/h5-22H,23-24H2,1-4H3. The molecule has 0 aliphatic rings. The van der Waals surface area contributed by atoms with E-state index in [2.05, 4.69) is 23.8 Å². The zero-order chi connectivity index (χ0) is 29.2. The minimum atomic E-state index is -0.360. The molecule has 0 fully saturated rings. The van der Waals surface area contributed by atoms with Gasteiger partial charge in [-0.1, -0.05) is 74.5 Å². The summed E-state index contributed by atoms with van der Waals surface area (Å²) in [6.45, 7) is 7.85. The summed E-state index contributed by atoms with van der Waals surface area (Å²) in [6, 6.07) is 34.0. The Morgan fingerprint density at radius 3 is 1.24 bits per heavy atom. The van der Waals surface area contributed by atoms with Crippen molar-refractivity contribution < 1.29 is 19.1 Å². The van der Waals surface area contributed by atoms with E-state index in [0.717, 1.165) is 22.5 Å². The van der Waals surface area contributed by atoms with Crippen molar-refractivity contribution in [2.24, 2.45) is 9.98 Å². The third-order valence-electron chi connectivity index (χ3n) is 6.57. The quantitative estimate of drug-likeness (QED) is 0.114. The summed E-state index contributed by atoms with van der Waals surface area (Å²) in [7, 11) is 0. The van der Waals surface area contributed by atoms with E-state index in [4.69, 9.17) is 9.47 Å². The van der Waals surface area contributed by atoms with E-state index in [0.29, 0.717) is 22.9 Å². The monoisotopic (exact) mass is 546 g/mol. The van der Waals surface area contributed by atoms with Crippen LogP contribution in [-0.4, -0.2) is 23.4 Å². The molecule has 0 aliphatic heterocycles. The number of aliphatic imine (C=N–C) groups is 2. The minimum absolute atomic E-state index is 0.110. The van der Waals surface area contributed by atoms with Crippen LogP contribution >= 0.6 is 0 Å². The van der Waals surface area contributed by atoms with Crippen LogP contribution in [-0.2, 0) is 15.0 Å². The zero-order valence-electron chi connectivity index (χ0n) is 23.8. The molecule has 41 heavy (non-hydrogen) atoms.